The first kappa shape index (κ1) is 71.5. The highest BCUT2D eigenvalue weighted by molar-refractivity contribution is 6.49. The predicted octanol–water partition coefficient (Wildman–Crippen LogP) is 25.4. The van der Waals surface area contributed by atoms with Crippen LogP contribution >= 0.6 is 0 Å². The number of unbranched alkanes of at least 4 members (excludes halogenated alkanes) is 54. The Kier molecular flexibility index (Phi) is 52.8. The van der Waals surface area contributed by atoms with Gasteiger partial charge in [0.15, 0.2) is 0 Å². The Morgan fingerprint density at radius 1 is 0.218 bits per heavy atom. The molecule has 0 saturated carbocycles. The van der Waals surface area contributed by atoms with Gasteiger partial charge in [0.1, 0.15) is 11.5 Å². The summed E-state index contributed by atoms with van der Waals surface area (Å²) in [6.45, 7) is 5.97. The van der Waals surface area contributed by atoms with E-state index in [1.54, 1.807) is 24.3 Å². The van der Waals surface area contributed by atoms with E-state index in [-0.39, 0.29) is 0 Å². The Balaban J connectivity index is 1.30. The molecule has 0 radical (unpaired) electrons. The first-order valence-corrected chi connectivity index (χ1v) is 35.2. The van der Waals surface area contributed by atoms with E-state index in [1.807, 2.05) is 24.3 Å². The lowest BCUT2D eigenvalue weighted by Gasteiger charge is -2.08. The number of ketones is 2. The second kappa shape index (κ2) is 57.6. The second-order valence-electron chi connectivity index (χ2n) is 24.5. The van der Waals surface area contributed by atoms with E-state index >= 15 is 0 Å². The molecule has 0 bridgehead atoms. The molecule has 0 unspecified atom stereocenters. The molecule has 2 aromatic carbocycles. The summed E-state index contributed by atoms with van der Waals surface area (Å²) in [5, 5.41) is 0. The number of ether oxygens (including phenoxy) is 2. The monoisotopic (exact) mass is 1080 g/mol. The van der Waals surface area contributed by atoms with Crippen molar-refractivity contribution >= 4 is 11.6 Å². The summed E-state index contributed by atoms with van der Waals surface area (Å²) >= 11 is 0. The molecule has 2 aromatic rings. The largest absolute Gasteiger partial charge is 0.494 e. The van der Waals surface area contributed by atoms with Crippen LogP contribution in [0.5, 0.6) is 11.5 Å². The van der Waals surface area contributed by atoms with Crippen LogP contribution in [0.25, 0.3) is 0 Å². The van der Waals surface area contributed by atoms with Crippen LogP contribution in [0.4, 0.5) is 0 Å². The molecule has 0 atom stereocenters. The lowest BCUT2D eigenvalue weighted by atomic mass is 10.0. The zero-order valence-electron chi connectivity index (χ0n) is 52.3. The molecule has 0 aromatic heterocycles. The Hall–Kier alpha value is -2.62. The Labute approximate surface area is 486 Å². The van der Waals surface area contributed by atoms with Crippen molar-refractivity contribution in [2.45, 2.75) is 373 Å². The molecule has 0 spiro atoms. The maximum atomic E-state index is 13.0. The van der Waals surface area contributed by atoms with Gasteiger partial charge in [0, 0.05) is 11.1 Å². The van der Waals surface area contributed by atoms with Crippen LogP contribution in [0.3, 0.4) is 0 Å². The highest BCUT2D eigenvalue weighted by atomic mass is 16.5. The third-order valence-corrected chi connectivity index (χ3v) is 17.0. The van der Waals surface area contributed by atoms with Gasteiger partial charge in [0.25, 0.3) is 0 Å². The van der Waals surface area contributed by atoms with Crippen LogP contribution in [0.2, 0.25) is 0 Å². The third-order valence-electron chi connectivity index (χ3n) is 17.0. The number of carbonyl (C=O) groups excluding carboxylic acids is 2. The average Bonchev–Trinajstić information content (AvgIpc) is 3.47. The number of rotatable bonds is 63. The van der Waals surface area contributed by atoms with Gasteiger partial charge in [-0.25, -0.2) is 0 Å². The smallest absolute Gasteiger partial charge is 0.233 e. The standard InChI is InChI=1S/C74H130O4/c1-3-5-7-9-11-13-15-17-19-21-23-25-27-29-31-33-35-37-39-41-43-45-47-49-51-53-55-57-67-77-71-63-59-69(60-64-71)73(75)74(76)70-61-65-72(66-62-70)78-68-58-56-54-52-50-48-46-44-42-40-38-36-34-32-30-28-26-24-22-20-18-16-14-12-10-8-6-4-2/h59-66H,3-58,67-68H2,1-2H3. The fourth-order valence-corrected chi connectivity index (χ4v) is 11.6. The molecule has 450 valence electrons. The van der Waals surface area contributed by atoms with E-state index in [2.05, 4.69) is 13.8 Å². The SMILES string of the molecule is CCCCCCCCCCCCCCCCCCCCCCCCCCCCCCOc1ccc(C(=O)C(=O)c2ccc(OCCCCCCCCCCCCCCCCCCCCCCCCCCCCCC)cc2)cc1. The third kappa shape index (κ3) is 46.0. The normalized spacial score (nSPS) is 11.5. The molecule has 0 amide bonds. The molecule has 0 aliphatic heterocycles. The lowest BCUT2D eigenvalue weighted by Crippen LogP contribution is -2.14. The molecule has 0 N–H and O–H groups in total. The topological polar surface area (TPSA) is 52.6 Å². The van der Waals surface area contributed by atoms with Crippen molar-refractivity contribution in [2.75, 3.05) is 13.2 Å². The summed E-state index contributed by atoms with van der Waals surface area (Å²) < 4.78 is 11.9. The molecule has 0 aliphatic carbocycles. The first-order valence-electron chi connectivity index (χ1n) is 35.2. The number of carbonyl (C=O) groups is 2. The quantitative estimate of drug-likeness (QED) is 0.0376. The molecule has 0 saturated heterocycles. The minimum atomic E-state index is -0.494. The summed E-state index contributed by atoms with van der Waals surface area (Å²) in [6, 6.07) is 14.1. The minimum Gasteiger partial charge on any atom is -0.494 e. The van der Waals surface area contributed by atoms with Gasteiger partial charge < -0.3 is 9.47 Å². The Morgan fingerprint density at radius 3 is 0.513 bits per heavy atom. The number of benzene rings is 2. The van der Waals surface area contributed by atoms with Gasteiger partial charge in [-0.1, -0.05) is 361 Å². The van der Waals surface area contributed by atoms with Crippen molar-refractivity contribution in [1.82, 2.24) is 0 Å². The van der Waals surface area contributed by atoms with Crippen LogP contribution in [-0.2, 0) is 0 Å². The highest BCUT2D eigenvalue weighted by Crippen LogP contribution is 2.22. The molecule has 4 nitrogen and oxygen atoms in total. The highest BCUT2D eigenvalue weighted by Gasteiger charge is 2.18. The summed E-state index contributed by atoms with van der Waals surface area (Å²) in [4.78, 5) is 26.1. The molecule has 0 heterocycles. The number of hydrogen-bond acceptors (Lipinski definition) is 4. The van der Waals surface area contributed by atoms with Crippen molar-refractivity contribution in [3.05, 3.63) is 59.7 Å². The van der Waals surface area contributed by atoms with Crippen LogP contribution in [0.1, 0.15) is 394 Å². The molecule has 0 aliphatic rings. The maximum Gasteiger partial charge on any atom is 0.233 e. The molecule has 0 fully saturated rings. The van der Waals surface area contributed by atoms with Crippen molar-refractivity contribution < 1.29 is 19.1 Å². The van der Waals surface area contributed by atoms with E-state index in [4.69, 9.17) is 9.47 Å². The van der Waals surface area contributed by atoms with Crippen LogP contribution < -0.4 is 9.47 Å². The molecular weight excluding hydrogens is 953 g/mol. The number of hydrogen-bond donors (Lipinski definition) is 0. The summed E-state index contributed by atoms with van der Waals surface area (Å²) in [5.74, 6) is 0.507. The number of Topliss-reactive ketones (excluding diaryl/α,β-unsaturated/α-hetero) is 2. The van der Waals surface area contributed by atoms with Crippen LogP contribution in [-0.4, -0.2) is 24.8 Å². The van der Waals surface area contributed by atoms with Gasteiger partial charge in [-0.15, -0.1) is 0 Å². The second-order valence-corrected chi connectivity index (χ2v) is 24.5. The van der Waals surface area contributed by atoms with Gasteiger partial charge in [-0.05, 0) is 61.4 Å². The fourth-order valence-electron chi connectivity index (χ4n) is 11.6. The molecule has 78 heavy (non-hydrogen) atoms. The predicted molar refractivity (Wildman–Crippen MR) is 342 cm³/mol. The Bertz CT molecular complexity index is 1420. The van der Waals surface area contributed by atoms with Crippen LogP contribution in [0, 0.1) is 0 Å². The minimum absolute atomic E-state index is 0.393. The molecule has 4 heteroatoms. The van der Waals surface area contributed by atoms with Crippen molar-refractivity contribution in [3.63, 3.8) is 0 Å². The lowest BCUT2D eigenvalue weighted by molar-refractivity contribution is 0.0817. The van der Waals surface area contributed by atoms with E-state index < -0.39 is 11.6 Å². The zero-order valence-corrected chi connectivity index (χ0v) is 52.3. The van der Waals surface area contributed by atoms with E-state index in [1.165, 1.54) is 347 Å². The van der Waals surface area contributed by atoms with Crippen LogP contribution in [0.15, 0.2) is 48.5 Å². The summed E-state index contributed by atoms with van der Waals surface area (Å²) in [7, 11) is 0. The fraction of sp³-hybridized carbons (Fsp3) is 0.811. The van der Waals surface area contributed by atoms with E-state index in [0.717, 1.165) is 24.3 Å². The summed E-state index contributed by atoms with van der Waals surface area (Å²) in [5.41, 5.74) is 0.786. The first-order chi connectivity index (χ1) is 38.7. The van der Waals surface area contributed by atoms with E-state index in [0.29, 0.717) is 24.3 Å². The van der Waals surface area contributed by atoms with Crippen molar-refractivity contribution in [3.8, 4) is 11.5 Å². The van der Waals surface area contributed by atoms with Gasteiger partial charge in [0.05, 0.1) is 13.2 Å². The van der Waals surface area contributed by atoms with Crippen molar-refractivity contribution in [2.24, 2.45) is 0 Å². The van der Waals surface area contributed by atoms with Crippen molar-refractivity contribution in [1.29, 1.82) is 0 Å². The van der Waals surface area contributed by atoms with Gasteiger partial charge >= 0.3 is 0 Å². The molecular formula is C74H130O4. The average molecular weight is 1080 g/mol. The van der Waals surface area contributed by atoms with E-state index in [9.17, 15) is 9.59 Å². The van der Waals surface area contributed by atoms with Gasteiger partial charge in [0.2, 0.25) is 11.6 Å². The maximum absolute atomic E-state index is 13.0. The molecule has 2 rings (SSSR count). The summed E-state index contributed by atoms with van der Waals surface area (Å²) in [6.07, 6.45) is 78.7. The Morgan fingerprint density at radius 2 is 0.359 bits per heavy atom. The zero-order chi connectivity index (χ0) is 55.5. The van der Waals surface area contributed by atoms with Gasteiger partial charge in [-0.3, -0.25) is 9.59 Å². The van der Waals surface area contributed by atoms with Gasteiger partial charge in [-0.2, -0.15) is 0 Å².